The predicted octanol–water partition coefficient (Wildman–Crippen LogP) is 4.21. The molecular weight excluding hydrogens is 404 g/mol. The highest BCUT2D eigenvalue weighted by atomic mass is 32.2. The summed E-state index contributed by atoms with van der Waals surface area (Å²) in [5.74, 6) is -0.0770. The summed E-state index contributed by atoms with van der Waals surface area (Å²) in [6.07, 6.45) is 6.16. The van der Waals surface area contributed by atoms with Crippen molar-refractivity contribution in [1.29, 1.82) is 0 Å². The molecule has 0 bridgehead atoms. The summed E-state index contributed by atoms with van der Waals surface area (Å²) in [5, 5.41) is 0. The van der Waals surface area contributed by atoms with Crippen LogP contribution in [-0.4, -0.2) is 38.6 Å². The second-order valence-corrected chi connectivity index (χ2v) is 9.99. The van der Waals surface area contributed by atoms with Gasteiger partial charge in [0.1, 0.15) is 0 Å². The van der Waals surface area contributed by atoms with Gasteiger partial charge in [-0.15, -0.1) is 11.8 Å². The van der Waals surface area contributed by atoms with Crippen molar-refractivity contribution in [1.82, 2.24) is 9.62 Å². The molecule has 1 heterocycles. The maximum absolute atomic E-state index is 13.1. The van der Waals surface area contributed by atoms with Crippen molar-refractivity contribution >= 4 is 27.7 Å². The van der Waals surface area contributed by atoms with Gasteiger partial charge in [-0.1, -0.05) is 42.7 Å². The van der Waals surface area contributed by atoms with Gasteiger partial charge in [-0.2, -0.15) is 0 Å². The lowest BCUT2D eigenvalue weighted by molar-refractivity contribution is 0.0758. The zero-order chi connectivity index (χ0) is 20.9. The van der Waals surface area contributed by atoms with E-state index in [1.807, 2.05) is 42.3 Å². The number of rotatable bonds is 6. The van der Waals surface area contributed by atoms with Crippen molar-refractivity contribution in [3.05, 3.63) is 59.2 Å². The van der Waals surface area contributed by atoms with Crippen LogP contribution in [0, 0.1) is 6.92 Å². The molecule has 5 nitrogen and oxygen atoms in total. The smallest absolute Gasteiger partial charge is 0.255 e. The number of carbonyl (C=O) groups is 1. The summed E-state index contributed by atoms with van der Waals surface area (Å²) in [6.45, 7) is 3.66. The van der Waals surface area contributed by atoms with Crippen molar-refractivity contribution in [2.24, 2.45) is 0 Å². The molecule has 3 rings (SSSR count). The Morgan fingerprint density at radius 1 is 1.03 bits per heavy atom. The second kappa shape index (κ2) is 9.78. The van der Waals surface area contributed by atoms with Crippen LogP contribution in [0.2, 0.25) is 0 Å². The maximum atomic E-state index is 13.1. The zero-order valence-corrected chi connectivity index (χ0v) is 18.6. The van der Waals surface area contributed by atoms with E-state index in [4.69, 9.17) is 0 Å². The van der Waals surface area contributed by atoms with Gasteiger partial charge in [-0.3, -0.25) is 4.79 Å². The van der Waals surface area contributed by atoms with Crippen LogP contribution in [0.25, 0.3) is 0 Å². The molecule has 0 unspecified atom stereocenters. The molecule has 7 heteroatoms. The molecule has 0 aromatic heterocycles. The van der Waals surface area contributed by atoms with Crippen LogP contribution in [0.1, 0.15) is 47.2 Å². The van der Waals surface area contributed by atoms with E-state index < -0.39 is 10.0 Å². The Labute approximate surface area is 177 Å². The van der Waals surface area contributed by atoms with Crippen LogP contribution in [0.15, 0.2) is 52.3 Å². The number of nitrogens with zero attached hydrogens (tertiary/aromatic N) is 1. The van der Waals surface area contributed by atoms with Crippen LogP contribution in [0.4, 0.5) is 0 Å². The van der Waals surface area contributed by atoms with Gasteiger partial charge in [-0.25, -0.2) is 13.1 Å². The topological polar surface area (TPSA) is 66.5 Å². The van der Waals surface area contributed by atoms with Crippen LogP contribution in [0.5, 0.6) is 0 Å². The summed E-state index contributed by atoms with van der Waals surface area (Å²) in [7, 11) is -3.72. The largest absolute Gasteiger partial charge is 0.339 e. The van der Waals surface area contributed by atoms with Crippen molar-refractivity contribution < 1.29 is 13.2 Å². The first-order chi connectivity index (χ1) is 13.9. The van der Waals surface area contributed by atoms with Crippen LogP contribution >= 0.6 is 11.8 Å². The van der Waals surface area contributed by atoms with E-state index in [0.29, 0.717) is 5.56 Å². The van der Waals surface area contributed by atoms with Crippen molar-refractivity contribution in [2.75, 3.05) is 19.3 Å². The van der Waals surface area contributed by atoms with Crippen molar-refractivity contribution in [3.63, 3.8) is 0 Å². The van der Waals surface area contributed by atoms with E-state index in [-0.39, 0.29) is 17.3 Å². The highest BCUT2D eigenvalue weighted by molar-refractivity contribution is 7.98. The lowest BCUT2D eigenvalue weighted by Gasteiger charge is -2.22. The Bertz CT molecular complexity index is 949. The molecule has 0 atom stereocenters. The number of sulfonamides is 1. The van der Waals surface area contributed by atoms with Crippen LogP contribution < -0.4 is 4.72 Å². The highest BCUT2D eigenvalue weighted by Crippen LogP contribution is 2.26. The summed E-state index contributed by atoms with van der Waals surface area (Å²) in [5.41, 5.74) is 2.49. The first-order valence-corrected chi connectivity index (χ1v) is 12.6. The average molecular weight is 433 g/mol. The van der Waals surface area contributed by atoms with E-state index >= 15 is 0 Å². The number of thioether (sulfide) groups is 1. The molecule has 0 spiro atoms. The van der Waals surface area contributed by atoms with E-state index in [0.717, 1.165) is 54.8 Å². The van der Waals surface area contributed by atoms with Gasteiger partial charge in [0.25, 0.3) is 5.91 Å². The Hall–Kier alpha value is -1.83. The minimum atomic E-state index is -3.72. The van der Waals surface area contributed by atoms with Gasteiger partial charge in [0.05, 0.1) is 10.5 Å². The summed E-state index contributed by atoms with van der Waals surface area (Å²) >= 11 is 1.46. The monoisotopic (exact) mass is 432 g/mol. The fraction of sp³-hybridized carbons (Fsp3) is 0.409. The minimum absolute atomic E-state index is 0.0770. The Kier molecular flexibility index (Phi) is 7.38. The Morgan fingerprint density at radius 3 is 2.31 bits per heavy atom. The SMILES string of the molecule is CSc1ccc(S(=O)(=O)NCc2ccc(C)cc2)cc1C(=O)N1CCCCCC1. The Balaban J connectivity index is 1.82. The molecule has 1 aliphatic heterocycles. The molecular formula is C22H28N2O3S2. The average Bonchev–Trinajstić information content (AvgIpc) is 3.02. The first kappa shape index (κ1) is 21.9. The number of likely N-dealkylation sites (tertiary alicyclic amines) is 1. The summed E-state index contributed by atoms with van der Waals surface area (Å²) < 4.78 is 28.3. The third-order valence-electron chi connectivity index (χ3n) is 5.19. The molecule has 1 N–H and O–H groups in total. The van der Waals surface area contributed by atoms with Crippen LogP contribution in [-0.2, 0) is 16.6 Å². The first-order valence-electron chi connectivity index (χ1n) is 9.93. The van der Waals surface area contributed by atoms with Gasteiger partial charge >= 0.3 is 0 Å². The van der Waals surface area contributed by atoms with E-state index in [1.165, 1.54) is 17.8 Å². The molecule has 29 heavy (non-hydrogen) atoms. The Morgan fingerprint density at radius 2 is 1.69 bits per heavy atom. The molecule has 1 amide bonds. The molecule has 0 radical (unpaired) electrons. The van der Waals surface area contributed by atoms with Crippen molar-refractivity contribution in [3.8, 4) is 0 Å². The quantitative estimate of drug-likeness (QED) is 0.695. The predicted molar refractivity (Wildman–Crippen MR) is 118 cm³/mol. The van der Waals surface area contributed by atoms with Crippen molar-refractivity contribution in [2.45, 2.75) is 48.9 Å². The highest BCUT2D eigenvalue weighted by Gasteiger charge is 2.23. The number of amides is 1. The molecule has 1 fully saturated rings. The minimum Gasteiger partial charge on any atom is -0.339 e. The number of benzene rings is 2. The number of nitrogens with one attached hydrogen (secondary N) is 1. The molecule has 1 aliphatic rings. The van der Waals surface area contributed by atoms with Crippen LogP contribution in [0.3, 0.4) is 0 Å². The van der Waals surface area contributed by atoms with Gasteiger partial charge in [0.2, 0.25) is 10.0 Å². The number of hydrogen-bond donors (Lipinski definition) is 1. The van der Waals surface area contributed by atoms with E-state index in [1.54, 1.807) is 12.1 Å². The number of aryl methyl sites for hydroxylation is 1. The number of carbonyl (C=O) groups excluding carboxylic acids is 1. The van der Waals surface area contributed by atoms with E-state index in [9.17, 15) is 13.2 Å². The molecule has 0 aliphatic carbocycles. The number of hydrogen-bond acceptors (Lipinski definition) is 4. The normalized spacial score (nSPS) is 15.2. The third-order valence-corrected chi connectivity index (χ3v) is 7.39. The fourth-order valence-corrected chi connectivity index (χ4v) is 5.05. The molecule has 0 saturated carbocycles. The molecule has 2 aromatic rings. The molecule has 2 aromatic carbocycles. The zero-order valence-electron chi connectivity index (χ0n) is 17.0. The standard InChI is InChI=1S/C22H28N2O3S2/c1-17-7-9-18(10-8-17)16-23-29(26,27)19-11-12-21(28-2)20(15-19)22(25)24-13-5-3-4-6-14-24/h7-12,15,23H,3-6,13-14,16H2,1-2H3. The lowest BCUT2D eigenvalue weighted by Crippen LogP contribution is -2.32. The van der Waals surface area contributed by atoms with Gasteiger partial charge < -0.3 is 4.90 Å². The van der Waals surface area contributed by atoms with E-state index in [2.05, 4.69) is 4.72 Å². The van der Waals surface area contributed by atoms with Gasteiger partial charge in [0, 0.05) is 24.5 Å². The summed E-state index contributed by atoms with van der Waals surface area (Å²) in [4.78, 5) is 15.9. The maximum Gasteiger partial charge on any atom is 0.255 e. The summed E-state index contributed by atoms with van der Waals surface area (Å²) in [6, 6.07) is 12.5. The van der Waals surface area contributed by atoms with Gasteiger partial charge in [-0.05, 0) is 49.8 Å². The third kappa shape index (κ3) is 5.62. The molecule has 1 saturated heterocycles. The lowest BCUT2D eigenvalue weighted by atomic mass is 10.2. The van der Waals surface area contributed by atoms with Gasteiger partial charge in [0.15, 0.2) is 0 Å². The fourth-order valence-electron chi connectivity index (χ4n) is 3.43. The second-order valence-electron chi connectivity index (χ2n) is 7.38. The molecule has 156 valence electrons.